The molecule has 0 bridgehead atoms. The zero-order chi connectivity index (χ0) is 13.1. The van der Waals surface area contributed by atoms with Gasteiger partial charge in [0.05, 0.1) is 0 Å². The highest BCUT2D eigenvalue weighted by Gasteiger charge is 2.22. The standard InChI is InChI=1S/C13H19ClN2O/c1-9(13(2,3)4)8-12(17)16-11-7-5-6-10(14)15-11/h5-7,9H,8H2,1-4H3,(H,15,16,17). The van der Waals surface area contributed by atoms with Crippen LogP contribution in [0.2, 0.25) is 5.15 Å². The Balaban J connectivity index is 2.56. The van der Waals surface area contributed by atoms with Crippen molar-refractivity contribution < 1.29 is 4.79 Å². The lowest BCUT2D eigenvalue weighted by molar-refractivity contribution is -0.117. The summed E-state index contributed by atoms with van der Waals surface area (Å²) < 4.78 is 0. The summed E-state index contributed by atoms with van der Waals surface area (Å²) in [6.45, 7) is 8.46. The fourth-order valence-corrected chi connectivity index (χ4v) is 1.42. The number of carbonyl (C=O) groups excluding carboxylic acids is 1. The van der Waals surface area contributed by atoms with Gasteiger partial charge in [-0.15, -0.1) is 0 Å². The number of anilines is 1. The molecule has 1 heterocycles. The van der Waals surface area contributed by atoms with Crippen LogP contribution in [0.3, 0.4) is 0 Å². The Morgan fingerprint density at radius 3 is 2.65 bits per heavy atom. The SMILES string of the molecule is CC(CC(=O)Nc1cccc(Cl)n1)C(C)(C)C. The van der Waals surface area contributed by atoms with Crippen LogP contribution in [0.1, 0.15) is 34.1 Å². The average Bonchev–Trinajstić information content (AvgIpc) is 2.15. The fourth-order valence-electron chi connectivity index (χ4n) is 1.26. The second kappa shape index (κ2) is 5.50. The van der Waals surface area contributed by atoms with E-state index >= 15 is 0 Å². The molecule has 17 heavy (non-hydrogen) atoms. The third-order valence-electron chi connectivity index (χ3n) is 2.95. The number of rotatable bonds is 3. The van der Waals surface area contributed by atoms with Gasteiger partial charge in [0.25, 0.3) is 0 Å². The average molecular weight is 255 g/mol. The Hall–Kier alpha value is -1.09. The van der Waals surface area contributed by atoms with E-state index in [2.05, 4.69) is 38.0 Å². The highest BCUT2D eigenvalue weighted by Crippen LogP contribution is 2.28. The van der Waals surface area contributed by atoms with Gasteiger partial charge in [0, 0.05) is 6.42 Å². The number of carbonyl (C=O) groups is 1. The van der Waals surface area contributed by atoms with Crippen LogP contribution in [0, 0.1) is 11.3 Å². The Bertz CT molecular complexity index is 399. The Kier molecular flexibility index (Phi) is 4.52. The number of pyridine rings is 1. The maximum absolute atomic E-state index is 11.8. The molecule has 0 spiro atoms. The molecule has 1 aromatic rings. The van der Waals surface area contributed by atoms with E-state index in [1.54, 1.807) is 18.2 Å². The van der Waals surface area contributed by atoms with Crippen LogP contribution in [-0.2, 0) is 4.79 Å². The van der Waals surface area contributed by atoms with Crippen molar-refractivity contribution >= 4 is 23.3 Å². The van der Waals surface area contributed by atoms with Gasteiger partial charge in [-0.25, -0.2) is 4.98 Å². The molecular weight excluding hydrogens is 236 g/mol. The van der Waals surface area contributed by atoms with Gasteiger partial charge in [-0.3, -0.25) is 4.79 Å². The highest BCUT2D eigenvalue weighted by molar-refractivity contribution is 6.29. The molecule has 1 N–H and O–H groups in total. The fraction of sp³-hybridized carbons (Fsp3) is 0.538. The molecule has 1 atom stereocenters. The van der Waals surface area contributed by atoms with Crippen LogP contribution in [0.15, 0.2) is 18.2 Å². The molecule has 94 valence electrons. The van der Waals surface area contributed by atoms with Crippen molar-refractivity contribution in [3.8, 4) is 0 Å². The van der Waals surface area contributed by atoms with E-state index in [9.17, 15) is 4.79 Å². The molecule has 0 aliphatic heterocycles. The number of hydrogen-bond acceptors (Lipinski definition) is 2. The van der Waals surface area contributed by atoms with Crippen LogP contribution < -0.4 is 5.32 Å². The van der Waals surface area contributed by atoms with Gasteiger partial charge < -0.3 is 5.32 Å². The monoisotopic (exact) mass is 254 g/mol. The number of hydrogen-bond donors (Lipinski definition) is 1. The van der Waals surface area contributed by atoms with Gasteiger partial charge in [0.1, 0.15) is 11.0 Å². The van der Waals surface area contributed by atoms with Crippen molar-refractivity contribution in [2.75, 3.05) is 5.32 Å². The summed E-state index contributed by atoms with van der Waals surface area (Å²) in [5.74, 6) is 0.785. The van der Waals surface area contributed by atoms with E-state index in [1.807, 2.05) is 0 Å². The molecule has 0 aromatic carbocycles. The zero-order valence-corrected chi connectivity index (χ0v) is 11.5. The van der Waals surface area contributed by atoms with Crippen molar-refractivity contribution in [1.29, 1.82) is 0 Å². The van der Waals surface area contributed by atoms with E-state index in [4.69, 9.17) is 11.6 Å². The summed E-state index contributed by atoms with van der Waals surface area (Å²) in [7, 11) is 0. The lowest BCUT2D eigenvalue weighted by Gasteiger charge is -2.26. The molecule has 0 aliphatic carbocycles. The van der Waals surface area contributed by atoms with Gasteiger partial charge in [0.15, 0.2) is 0 Å². The second-order valence-corrected chi connectivity index (χ2v) is 5.75. The van der Waals surface area contributed by atoms with E-state index in [1.165, 1.54) is 0 Å². The summed E-state index contributed by atoms with van der Waals surface area (Å²) >= 11 is 5.74. The third kappa shape index (κ3) is 4.73. The minimum absolute atomic E-state index is 0.0257. The molecule has 4 heteroatoms. The van der Waals surface area contributed by atoms with Crippen molar-refractivity contribution in [1.82, 2.24) is 4.98 Å². The summed E-state index contributed by atoms with van der Waals surface area (Å²) in [5, 5.41) is 3.13. The van der Waals surface area contributed by atoms with Crippen LogP contribution in [0.25, 0.3) is 0 Å². The maximum atomic E-state index is 11.8. The molecule has 0 radical (unpaired) electrons. The summed E-state index contributed by atoms with van der Waals surface area (Å²) in [6, 6.07) is 5.17. The van der Waals surface area contributed by atoms with E-state index in [-0.39, 0.29) is 11.3 Å². The second-order valence-electron chi connectivity index (χ2n) is 5.36. The molecule has 0 saturated heterocycles. The normalized spacial score (nSPS) is 13.2. The van der Waals surface area contributed by atoms with Crippen LogP contribution in [0.5, 0.6) is 0 Å². The summed E-state index contributed by atoms with van der Waals surface area (Å²) in [5.41, 5.74) is 0.124. The van der Waals surface area contributed by atoms with Gasteiger partial charge in [-0.2, -0.15) is 0 Å². The minimum atomic E-state index is -0.0257. The van der Waals surface area contributed by atoms with Gasteiger partial charge in [0.2, 0.25) is 5.91 Å². The number of nitrogens with one attached hydrogen (secondary N) is 1. The highest BCUT2D eigenvalue weighted by atomic mass is 35.5. The largest absolute Gasteiger partial charge is 0.311 e. The van der Waals surface area contributed by atoms with Crippen molar-refractivity contribution in [2.24, 2.45) is 11.3 Å². The van der Waals surface area contributed by atoms with Crippen LogP contribution >= 0.6 is 11.6 Å². The number of amides is 1. The van der Waals surface area contributed by atoms with Crippen molar-refractivity contribution in [3.05, 3.63) is 23.4 Å². The predicted molar refractivity (Wildman–Crippen MR) is 71.1 cm³/mol. The zero-order valence-electron chi connectivity index (χ0n) is 10.7. The van der Waals surface area contributed by atoms with Gasteiger partial charge in [-0.05, 0) is 23.5 Å². The third-order valence-corrected chi connectivity index (χ3v) is 3.16. The first-order valence-corrected chi connectivity index (χ1v) is 6.09. The molecule has 0 saturated carbocycles. The smallest absolute Gasteiger partial charge is 0.225 e. The first-order valence-electron chi connectivity index (χ1n) is 5.71. The Morgan fingerprint density at radius 1 is 1.47 bits per heavy atom. The van der Waals surface area contributed by atoms with E-state index in [0.717, 1.165) is 0 Å². The molecule has 1 unspecified atom stereocenters. The summed E-state index contributed by atoms with van der Waals surface area (Å²) in [4.78, 5) is 15.8. The topological polar surface area (TPSA) is 42.0 Å². The molecule has 0 fully saturated rings. The lowest BCUT2D eigenvalue weighted by atomic mass is 9.80. The van der Waals surface area contributed by atoms with Crippen LogP contribution in [0.4, 0.5) is 5.82 Å². The quantitative estimate of drug-likeness (QED) is 0.835. The van der Waals surface area contributed by atoms with Gasteiger partial charge in [-0.1, -0.05) is 45.4 Å². The summed E-state index contributed by atoms with van der Waals surface area (Å²) in [6.07, 6.45) is 0.484. The first kappa shape index (κ1) is 14.0. The van der Waals surface area contributed by atoms with Gasteiger partial charge >= 0.3 is 0 Å². The molecule has 0 aliphatic rings. The number of nitrogens with zero attached hydrogens (tertiary/aromatic N) is 1. The Labute approximate surface area is 108 Å². The first-order chi connectivity index (χ1) is 7.79. The maximum Gasteiger partial charge on any atom is 0.225 e. The number of halogens is 1. The molecule has 3 nitrogen and oxygen atoms in total. The molecule has 1 amide bonds. The van der Waals surface area contributed by atoms with E-state index in [0.29, 0.717) is 23.3 Å². The molecule has 1 aromatic heterocycles. The van der Waals surface area contributed by atoms with Crippen molar-refractivity contribution in [3.63, 3.8) is 0 Å². The predicted octanol–water partition coefficient (Wildman–Crippen LogP) is 3.75. The molecule has 1 rings (SSSR count). The van der Waals surface area contributed by atoms with Crippen molar-refractivity contribution in [2.45, 2.75) is 34.1 Å². The van der Waals surface area contributed by atoms with Crippen LogP contribution in [-0.4, -0.2) is 10.9 Å². The Morgan fingerprint density at radius 2 is 2.12 bits per heavy atom. The number of aromatic nitrogens is 1. The lowest BCUT2D eigenvalue weighted by Crippen LogP contribution is -2.24. The molecular formula is C13H19ClN2O. The minimum Gasteiger partial charge on any atom is -0.311 e. The van der Waals surface area contributed by atoms with E-state index < -0.39 is 0 Å².